The maximum atomic E-state index is 5.77. The van der Waals surface area contributed by atoms with E-state index in [4.69, 9.17) is 15.2 Å². The van der Waals surface area contributed by atoms with E-state index in [1.165, 1.54) is 12.8 Å². The Morgan fingerprint density at radius 1 is 1.19 bits per heavy atom. The third-order valence-corrected chi connectivity index (χ3v) is 2.71. The molecule has 1 fully saturated rings. The van der Waals surface area contributed by atoms with Gasteiger partial charge in [0.05, 0.1) is 13.2 Å². The summed E-state index contributed by atoms with van der Waals surface area (Å²) in [6.07, 6.45) is 3.88. The third-order valence-electron chi connectivity index (χ3n) is 2.71. The topological polar surface area (TPSA) is 44.5 Å². The second-order valence-electron chi connectivity index (χ2n) is 4.25. The van der Waals surface area contributed by atoms with Crippen LogP contribution in [0.3, 0.4) is 0 Å². The Hall–Kier alpha value is -1.38. The summed E-state index contributed by atoms with van der Waals surface area (Å²) in [5.41, 5.74) is 6.46. The van der Waals surface area contributed by atoms with Crippen LogP contribution in [0.5, 0.6) is 11.5 Å². The van der Waals surface area contributed by atoms with Gasteiger partial charge in [0.15, 0.2) is 0 Å². The lowest BCUT2D eigenvalue weighted by Gasteiger charge is -2.09. The number of nitrogen functional groups attached to an aromatic ring is 1. The smallest absolute Gasteiger partial charge is 0.125 e. The van der Waals surface area contributed by atoms with Crippen molar-refractivity contribution >= 4 is 5.69 Å². The molecule has 0 aromatic heterocycles. The summed E-state index contributed by atoms with van der Waals surface area (Å²) in [7, 11) is 0. The summed E-state index contributed by atoms with van der Waals surface area (Å²) in [5, 5.41) is 0. The molecule has 1 aromatic rings. The maximum absolute atomic E-state index is 5.77. The maximum Gasteiger partial charge on any atom is 0.125 e. The van der Waals surface area contributed by atoms with Gasteiger partial charge >= 0.3 is 0 Å². The first kappa shape index (κ1) is 11.1. The zero-order chi connectivity index (χ0) is 11.4. The van der Waals surface area contributed by atoms with Gasteiger partial charge in [0, 0.05) is 23.9 Å². The first-order valence-corrected chi connectivity index (χ1v) is 5.94. The molecule has 0 spiro atoms. The molecule has 2 N–H and O–H groups in total. The number of hydrogen-bond acceptors (Lipinski definition) is 3. The number of anilines is 1. The highest BCUT2D eigenvalue weighted by Crippen LogP contribution is 2.32. The molecule has 0 heterocycles. The molecule has 3 nitrogen and oxygen atoms in total. The van der Waals surface area contributed by atoms with E-state index < -0.39 is 0 Å². The minimum atomic E-state index is 0.644. The summed E-state index contributed by atoms with van der Waals surface area (Å²) < 4.78 is 11.1. The van der Waals surface area contributed by atoms with E-state index >= 15 is 0 Å². The van der Waals surface area contributed by atoms with Crippen LogP contribution < -0.4 is 15.2 Å². The van der Waals surface area contributed by atoms with E-state index in [1.54, 1.807) is 0 Å². The van der Waals surface area contributed by atoms with Gasteiger partial charge in [-0.3, -0.25) is 0 Å². The fraction of sp³-hybridized carbons (Fsp3) is 0.538. The van der Waals surface area contributed by atoms with Crippen LogP contribution in [0.25, 0.3) is 0 Å². The Morgan fingerprint density at radius 2 is 1.88 bits per heavy atom. The predicted octanol–water partition coefficient (Wildman–Crippen LogP) is 2.85. The number of ether oxygens (including phenoxy) is 2. The third kappa shape index (κ3) is 3.33. The molecule has 1 saturated carbocycles. The van der Waals surface area contributed by atoms with Gasteiger partial charge < -0.3 is 15.2 Å². The molecule has 0 atom stereocenters. The first-order chi connectivity index (χ1) is 7.78. The minimum Gasteiger partial charge on any atom is -0.494 e. The van der Waals surface area contributed by atoms with Crippen molar-refractivity contribution in [2.24, 2.45) is 5.92 Å². The van der Waals surface area contributed by atoms with Crippen molar-refractivity contribution in [2.45, 2.75) is 26.2 Å². The summed E-state index contributed by atoms with van der Waals surface area (Å²) in [4.78, 5) is 0. The average molecular weight is 221 g/mol. The summed E-state index contributed by atoms with van der Waals surface area (Å²) in [5.74, 6) is 2.49. The monoisotopic (exact) mass is 221 g/mol. The molecule has 1 aliphatic rings. The van der Waals surface area contributed by atoms with Crippen LogP contribution in [-0.2, 0) is 0 Å². The lowest BCUT2D eigenvalue weighted by atomic mass is 10.3. The first-order valence-electron chi connectivity index (χ1n) is 5.94. The summed E-state index contributed by atoms with van der Waals surface area (Å²) in [6.45, 7) is 3.38. The number of benzene rings is 1. The Labute approximate surface area is 96.5 Å². The van der Waals surface area contributed by atoms with Gasteiger partial charge in [-0.2, -0.15) is 0 Å². The Bertz CT molecular complexity index is 348. The highest BCUT2D eigenvalue weighted by molar-refractivity contribution is 5.50. The van der Waals surface area contributed by atoms with Gasteiger partial charge in [-0.1, -0.05) is 12.8 Å². The standard InChI is InChI=1S/C13H19NO2/c1-2-15-12-7-11(14)8-13(9-12)16-6-5-10-3-4-10/h7-10H,2-6,14H2,1H3. The van der Waals surface area contributed by atoms with E-state index in [2.05, 4.69) is 0 Å². The Kier molecular flexibility index (Phi) is 3.54. The number of nitrogens with two attached hydrogens (primary N) is 1. The molecule has 16 heavy (non-hydrogen) atoms. The fourth-order valence-corrected chi connectivity index (χ4v) is 1.68. The molecule has 2 rings (SSSR count). The molecule has 3 heteroatoms. The van der Waals surface area contributed by atoms with Crippen molar-refractivity contribution in [1.29, 1.82) is 0 Å². The van der Waals surface area contributed by atoms with Crippen molar-refractivity contribution in [3.63, 3.8) is 0 Å². The van der Waals surface area contributed by atoms with Crippen LogP contribution in [0.1, 0.15) is 26.2 Å². The number of rotatable bonds is 6. The highest BCUT2D eigenvalue weighted by atomic mass is 16.5. The van der Waals surface area contributed by atoms with Gasteiger partial charge in [-0.25, -0.2) is 0 Å². The van der Waals surface area contributed by atoms with Gasteiger partial charge in [0.2, 0.25) is 0 Å². The Morgan fingerprint density at radius 3 is 2.50 bits per heavy atom. The van der Waals surface area contributed by atoms with Crippen LogP contribution >= 0.6 is 0 Å². The van der Waals surface area contributed by atoms with Crippen molar-refractivity contribution in [1.82, 2.24) is 0 Å². The lowest BCUT2D eigenvalue weighted by Crippen LogP contribution is -2.00. The fourth-order valence-electron chi connectivity index (χ4n) is 1.68. The van der Waals surface area contributed by atoms with Crippen molar-refractivity contribution in [3.05, 3.63) is 18.2 Å². The van der Waals surface area contributed by atoms with Gasteiger partial charge in [-0.15, -0.1) is 0 Å². The molecule has 0 bridgehead atoms. The molecule has 0 saturated heterocycles. The van der Waals surface area contributed by atoms with E-state index in [-0.39, 0.29) is 0 Å². The van der Waals surface area contributed by atoms with E-state index in [0.717, 1.165) is 30.4 Å². The second kappa shape index (κ2) is 5.10. The van der Waals surface area contributed by atoms with Crippen LogP contribution in [0, 0.1) is 5.92 Å². The molecule has 1 aromatic carbocycles. The molecule has 1 aliphatic carbocycles. The molecular weight excluding hydrogens is 202 g/mol. The molecule has 0 aliphatic heterocycles. The second-order valence-corrected chi connectivity index (χ2v) is 4.25. The molecule has 0 radical (unpaired) electrons. The minimum absolute atomic E-state index is 0.644. The zero-order valence-electron chi connectivity index (χ0n) is 9.74. The van der Waals surface area contributed by atoms with Crippen LogP contribution in [0.4, 0.5) is 5.69 Å². The van der Waals surface area contributed by atoms with Gasteiger partial charge in [0.25, 0.3) is 0 Å². The highest BCUT2D eigenvalue weighted by Gasteiger charge is 2.20. The van der Waals surface area contributed by atoms with Crippen molar-refractivity contribution in [3.8, 4) is 11.5 Å². The largest absolute Gasteiger partial charge is 0.494 e. The Balaban J connectivity index is 1.90. The predicted molar refractivity (Wildman–Crippen MR) is 64.9 cm³/mol. The molecule has 0 amide bonds. The van der Waals surface area contributed by atoms with Crippen molar-refractivity contribution in [2.75, 3.05) is 18.9 Å². The van der Waals surface area contributed by atoms with E-state index in [1.807, 2.05) is 25.1 Å². The number of hydrogen-bond donors (Lipinski definition) is 1. The van der Waals surface area contributed by atoms with Crippen molar-refractivity contribution < 1.29 is 9.47 Å². The van der Waals surface area contributed by atoms with Crippen LogP contribution in [-0.4, -0.2) is 13.2 Å². The van der Waals surface area contributed by atoms with Crippen LogP contribution in [0.2, 0.25) is 0 Å². The summed E-state index contributed by atoms with van der Waals surface area (Å²) in [6, 6.07) is 5.55. The quantitative estimate of drug-likeness (QED) is 0.751. The van der Waals surface area contributed by atoms with Gasteiger partial charge in [-0.05, 0) is 19.3 Å². The molecule has 0 unspecified atom stereocenters. The average Bonchev–Trinajstić information content (AvgIpc) is 3.01. The lowest BCUT2D eigenvalue weighted by molar-refractivity contribution is 0.297. The molecule has 88 valence electrons. The van der Waals surface area contributed by atoms with E-state index in [0.29, 0.717) is 12.3 Å². The van der Waals surface area contributed by atoms with Crippen LogP contribution in [0.15, 0.2) is 18.2 Å². The summed E-state index contributed by atoms with van der Waals surface area (Å²) >= 11 is 0. The van der Waals surface area contributed by atoms with E-state index in [9.17, 15) is 0 Å². The SMILES string of the molecule is CCOc1cc(N)cc(OCCC2CC2)c1. The zero-order valence-corrected chi connectivity index (χ0v) is 9.74. The molecular formula is C13H19NO2. The van der Waals surface area contributed by atoms with Gasteiger partial charge in [0.1, 0.15) is 11.5 Å². The normalized spacial score (nSPS) is 14.8.